The number of nitrogens with one attached hydrogen (secondary N) is 1. The van der Waals surface area contributed by atoms with Gasteiger partial charge in [0.05, 0.1) is 16.4 Å². The largest absolute Gasteiger partial charge is 0.318 e. The van der Waals surface area contributed by atoms with Crippen LogP contribution >= 0.6 is 11.3 Å². The Hall–Kier alpha value is -2.92. The summed E-state index contributed by atoms with van der Waals surface area (Å²) in [6.07, 6.45) is 1.86. The molecule has 0 aliphatic heterocycles. The molecule has 0 saturated heterocycles. The number of rotatable bonds is 4. The highest BCUT2D eigenvalue weighted by atomic mass is 32.1. The van der Waals surface area contributed by atoms with Crippen LogP contribution in [0.25, 0.3) is 15.9 Å². The van der Waals surface area contributed by atoms with Crippen molar-refractivity contribution < 1.29 is 0 Å². The van der Waals surface area contributed by atoms with Gasteiger partial charge in [0.2, 0.25) is 5.13 Å². The summed E-state index contributed by atoms with van der Waals surface area (Å²) in [5, 5.41) is 5.20. The van der Waals surface area contributed by atoms with Crippen molar-refractivity contribution in [3.8, 4) is 5.69 Å². The van der Waals surface area contributed by atoms with E-state index < -0.39 is 0 Å². The third kappa shape index (κ3) is 3.02. The highest BCUT2D eigenvalue weighted by Crippen LogP contribution is 2.25. The minimum absolute atomic E-state index is 0.801. The lowest BCUT2D eigenvalue weighted by atomic mass is 10.2. The van der Waals surface area contributed by atoms with Crippen LogP contribution in [0.1, 0.15) is 22.5 Å². The van der Waals surface area contributed by atoms with E-state index in [1.165, 1.54) is 22.6 Å². The predicted octanol–water partition coefficient (Wildman–Crippen LogP) is 5.46. The molecule has 0 atom stereocenters. The predicted molar refractivity (Wildman–Crippen MR) is 111 cm³/mol. The number of para-hydroxylation sites is 2. The summed E-state index contributed by atoms with van der Waals surface area (Å²) in [6, 6.07) is 18.7. The number of thiazole rings is 1. The van der Waals surface area contributed by atoms with Gasteiger partial charge in [-0.1, -0.05) is 41.7 Å². The van der Waals surface area contributed by atoms with Gasteiger partial charge in [-0.05, 0) is 50.6 Å². The molecule has 0 amide bonds. The van der Waals surface area contributed by atoms with E-state index in [-0.39, 0.29) is 0 Å². The molecule has 0 unspecified atom stereocenters. The molecule has 0 fully saturated rings. The molecule has 0 aliphatic rings. The Labute approximate surface area is 156 Å². The normalized spacial score (nSPS) is 11.5. The van der Waals surface area contributed by atoms with Crippen LogP contribution < -0.4 is 5.43 Å². The summed E-state index contributed by atoms with van der Waals surface area (Å²) in [6.45, 7) is 6.38. The summed E-state index contributed by atoms with van der Waals surface area (Å²) in [4.78, 5) is 4.54. The second kappa shape index (κ2) is 6.77. The third-order valence-corrected chi connectivity index (χ3v) is 5.43. The molecule has 130 valence electrons. The van der Waals surface area contributed by atoms with E-state index in [0.717, 1.165) is 20.9 Å². The molecule has 5 heteroatoms. The quantitative estimate of drug-likeness (QED) is 0.388. The Morgan fingerprint density at radius 1 is 1.04 bits per heavy atom. The second-order valence-electron chi connectivity index (χ2n) is 6.31. The number of hydrazone groups is 1. The lowest BCUT2D eigenvalue weighted by Gasteiger charge is -2.12. The Bertz CT molecular complexity index is 1070. The van der Waals surface area contributed by atoms with Crippen LogP contribution in [0, 0.1) is 20.8 Å². The van der Waals surface area contributed by atoms with E-state index in [1.807, 2.05) is 24.4 Å². The fourth-order valence-corrected chi connectivity index (χ4v) is 4.00. The molecule has 2 aromatic heterocycles. The fraction of sp³-hybridized carbons (Fsp3) is 0.143. The van der Waals surface area contributed by atoms with E-state index in [4.69, 9.17) is 0 Å². The molecule has 4 aromatic rings. The molecule has 2 aromatic carbocycles. The third-order valence-electron chi connectivity index (χ3n) is 4.48. The van der Waals surface area contributed by atoms with Gasteiger partial charge in [0.25, 0.3) is 0 Å². The van der Waals surface area contributed by atoms with E-state index in [2.05, 4.69) is 77.2 Å². The maximum atomic E-state index is 4.54. The molecule has 0 saturated carbocycles. The average molecular weight is 360 g/mol. The minimum Gasteiger partial charge on any atom is -0.318 e. The van der Waals surface area contributed by atoms with Crippen molar-refractivity contribution in [1.29, 1.82) is 0 Å². The molecule has 0 aliphatic carbocycles. The average Bonchev–Trinajstić information content (AvgIpc) is 3.16. The van der Waals surface area contributed by atoms with Gasteiger partial charge in [-0.2, -0.15) is 5.10 Å². The lowest BCUT2D eigenvalue weighted by molar-refractivity contribution is 0.954. The molecular weight excluding hydrogens is 340 g/mol. The van der Waals surface area contributed by atoms with Crippen molar-refractivity contribution in [2.45, 2.75) is 20.8 Å². The van der Waals surface area contributed by atoms with Crippen molar-refractivity contribution in [1.82, 2.24) is 9.55 Å². The second-order valence-corrected chi connectivity index (χ2v) is 7.34. The van der Waals surface area contributed by atoms with Gasteiger partial charge in [0.1, 0.15) is 0 Å². The fourth-order valence-electron chi connectivity index (χ4n) is 3.18. The summed E-state index contributed by atoms with van der Waals surface area (Å²) >= 11 is 1.60. The maximum Gasteiger partial charge on any atom is 0.204 e. The van der Waals surface area contributed by atoms with Gasteiger partial charge in [0, 0.05) is 22.6 Å². The van der Waals surface area contributed by atoms with Crippen molar-refractivity contribution in [3.63, 3.8) is 0 Å². The zero-order valence-electron chi connectivity index (χ0n) is 15.0. The van der Waals surface area contributed by atoms with Crippen molar-refractivity contribution in [2.75, 3.05) is 5.43 Å². The Kier molecular flexibility index (Phi) is 4.31. The first-order chi connectivity index (χ1) is 12.6. The molecule has 0 spiro atoms. The number of benzene rings is 2. The zero-order valence-corrected chi connectivity index (χ0v) is 15.8. The standard InChI is InChI=1S/C21H20N4S/c1-14-8-4-6-10-19(14)25-15(2)12-17(16(25)3)13-22-24-21-23-18-9-5-7-11-20(18)26-21/h4-13H,1-3H3,(H,23,24)/b22-13-. The number of aryl methyl sites for hydroxylation is 2. The van der Waals surface area contributed by atoms with Crippen LogP contribution in [0.4, 0.5) is 5.13 Å². The monoisotopic (exact) mass is 360 g/mol. The molecular formula is C21H20N4S. The zero-order chi connectivity index (χ0) is 18.1. The number of aromatic nitrogens is 2. The van der Waals surface area contributed by atoms with Gasteiger partial charge in [-0.25, -0.2) is 4.98 Å². The van der Waals surface area contributed by atoms with Crippen LogP contribution in [0.3, 0.4) is 0 Å². The first kappa shape index (κ1) is 16.5. The Morgan fingerprint density at radius 3 is 2.62 bits per heavy atom. The van der Waals surface area contributed by atoms with Crippen molar-refractivity contribution in [2.24, 2.45) is 5.10 Å². The molecule has 0 bridgehead atoms. The summed E-state index contributed by atoms with van der Waals surface area (Å²) in [7, 11) is 0. The summed E-state index contributed by atoms with van der Waals surface area (Å²) < 4.78 is 3.43. The number of fused-ring (bicyclic) bond motifs is 1. The van der Waals surface area contributed by atoms with Crippen molar-refractivity contribution >= 4 is 32.9 Å². The van der Waals surface area contributed by atoms with Gasteiger partial charge >= 0.3 is 0 Å². The highest BCUT2D eigenvalue weighted by molar-refractivity contribution is 7.22. The van der Waals surface area contributed by atoms with Crippen LogP contribution in [0.15, 0.2) is 59.7 Å². The molecule has 4 nitrogen and oxygen atoms in total. The number of hydrogen-bond donors (Lipinski definition) is 1. The van der Waals surface area contributed by atoms with Crippen LogP contribution in [-0.2, 0) is 0 Å². The summed E-state index contributed by atoms with van der Waals surface area (Å²) in [5.41, 5.74) is 9.98. The smallest absolute Gasteiger partial charge is 0.204 e. The topological polar surface area (TPSA) is 42.2 Å². The SMILES string of the molecule is Cc1ccccc1-n1c(C)cc(/C=N\Nc2nc3ccccc3s2)c1C. The van der Waals surface area contributed by atoms with Crippen LogP contribution in [0.2, 0.25) is 0 Å². The van der Waals surface area contributed by atoms with Gasteiger partial charge in [0.15, 0.2) is 0 Å². The first-order valence-electron chi connectivity index (χ1n) is 8.53. The Morgan fingerprint density at radius 2 is 1.81 bits per heavy atom. The van der Waals surface area contributed by atoms with Gasteiger partial charge in [-0.15, -0.1) is 0 Å². The van der Waals surface area contributed by atoms with E-state index in [0.29, 0.717) is 0 Å². The molecule has 0 radical (unpaired) electrons. The Balaban J connectivity index is 1.60. The first-order valence-corrected chi connectivity index (χ1v) is 9.35. The van der Waals surface area contributed by atoms with E-state index >= 15 is 0 Å². The van der Waals surface area contributed by atoms with Crippen molar-refractivity contribution in [3.05, 3.63) is 77.1 Å². The summed E-state index contributed by atoms with van der Waals surface area (Å²) in [5.74, 6) is 0. The van der Waals surface area contributed by atoms with Gasteiger partial charge in [-0.3, -0.25) is 5.43 Å². The highest BCUT2D eigenvalue weighted by Gasteiger charge is 2.11. The number of hydrogen-bond acceptors (Lipinski definition) is 4. The lowest BCUT2D eigenvalue weighted by Crippen LogP contribution is -2.01. The number of nitrogens with zero attached hydrogens (tertiary/aromatic N) is 3. The molecule has 4 rings (SSSR count). The van der Waals surface area contributed by atoms with E-state index in [9.17, 15) is 0 Å². The van der Waals surface area contributed by atoms with Gasteiger partial charge < -0.3 is 4.57 Å². The molecule has 2 heterocycles. The maximum absolute atomic E-state index is 4.54. The minimum atomic E-state index is 0.801. The molecule has 26 heavy (non-hydrogen) atoms. The van der Waals surface area contributed by atoms with E-state index in [1.54, 1.807) is 11.3 Å². The van der Waals surface area contributed by atoms with Crippen LogP contribution in [-0.4, -0.2) is 15.8 Å². The van der Waals surface area contributed by atoms with Crippen LogP contribution in [0.5, 0.6) is 0 Å². The molecule has 1 N–H and O–H groups in total. The number of anilines is 1.